The Bertz CT molecular complexity index is 4220. The van der Waals surface area contributed by atoms with Gasteiger partial charge in [-0.25, -0.2) is 29.9 Å². The van der Waals surface area contributed by atoms with E-state index in [9.17, 15) is 42.1 Å². The van der Waals surface area contributed by atoms with E-state index in [2.05, 4.69) is 48.6 Å². The first-order valence-electron chi connectivity index (χ1n) is 22.7. The summed E-state index contributed by atoms with van der Waals surface area (Å²) in [5.41, 5.74) is 10.8. The molecule has 74 heavy (non-hydrogen) atoms. The third-order valence-electron chi connectivity index (χ3n) is 13.0. The predicted molar refractivity (Wildman–Crippen MR) is 275 cm³/mol. The Kier molecular flexibility index (Phi) is 11.5. The number of nitrogens with zero attached hydrogens (tertiary/aromatic N) is 14. The first-order chi connectivity index (χ1) is 35.9. The fourth-order valence-electron chi connectivity index (χ4n) is 8.83. The van der Waals surface area contributed by atoms with Crippen molar-refractivity contribution in [3.63, 3.8) is 0 Å². The molecule has 14 heteroatoms. The van der Waals surface area contributed by atoms with Crippen LogP contribution in [0.5, 0.6) is 0 Å². The molecule has 0 bridgehead atoms. The lowest BCUT2D eigenvalue weighted by Gasteiger charge is -2.18. The normalized spacial score (nSPS) is 10.6. The van der Waals surface area contributed by atoms with E-state index in [1.807, 2.05) is 64.1 Å². The fourth-order valence-corrected chi connectivity index (χ4v) is 8.83. The highest BCUT2D eigenvalue weighted by molar-refractivity contribution is 6.20. The van der Waals surface area contributed by atoms with Crippen LogP contribution in [0.1, 0.15) is 66.8 Å². The van der Waals surface area contributed by atoms with Crippen LogP contribution in [0.15, 0.2) is 109 Å². The number of hydrogen-bond acceptors (Lipinski definition) is 14. The molecule has 10 rings (SSSR count). The Morgan fingerprint density at radius 3 is 0.595 bits per heavy atom. The highest BCUT2D eigenvalue weighted by Gasteiger charge is 2.27. The molecule has 7 aromatic carbocycles. The van der Waals surface area contributed by atoms with Crippen molar-refractivity contribution >= 4 is 33.1 Å². The van der Waals surface area contributed by atoms with E-state index in [-0.39, 0.29) is 78.1 Å². The molecular weight excluding hydrogens is 917 g/mol. The molecule has 0 saturated carbocycles. The summed E-state index contributed by atoms with van der Waals surface area (Å²) in [6.07, 6.45) is 0. The molecule has 340 valence electrons. The molecule has 10 aromatic rings. The fraction of sp³-hybridized carbons (Fsp3) is 0.0667. The molecule has 0 aliphatic carbocycles. The Balaban J connectivity index is 1.47. The molecule has 3 aromatic heterocycles. The molecule has 0 unspecified atom stereocenters. The molecule has 14 nitrogen and oxygen atoms in total. The minimum Gasteiger partial charge on any atom is -0.241 e. The number of rotatable bonds is 6. The molecule has 0 amide bonds. The summed E-state index contributed by atoms with van der Waals surface area (Å²) >= 11 is 0. The van der Waals surface area contributed by atoms with Crippen molar-refractivity contribution in [2.45, 2.75) is 27.7 Å². The largest absolute Gasteiger partial charge is 0.241 e. The third-order valence-corrected chi connectivity index (χ3v) is 13.0. The average Bonchev–Trinajstić information content (AvgIpc) is 3.44. The lowest BCUT2D eigenvalue weighted by atomic mass is 9.96. The van der Waals surface area contributed by atoms with Crippen LogP contribution in [0.3, 0.4) is 0 Å². The van der Waals surface area contributed by atoms with Gasteiger partial charge in [-0.15, -0.1) is 0 Å². The number of aromatic nitrogens is 6. The maximum atomic E-state index is 10.3. The monoisotopic (exact) mass is 946 g/mol. The van der Waals surface area contributed by atoms with Crippen molar-refractivity contribution in [1.29, 1.82) is 42.1 Å². The van der Waals surface area contributed by atoms with E-state index in [1.54, 1.807) is 60.7 Å². The Hall–Kier alpha value is -11.5. The smallest absolute Gasteiger partial charge is 0.120 e. The van der Waals surface area contributed by atoms with Gasteiger partial charge in [0.25, 0.3) is 0 Å². The second-order valence-corrected chi connectivity index (χ2v) is 17.4. The average molecular weight is 947 g/mol. The van der Waals surface area contributed by atoms with Crippen molar-refractivity contribution in [1.82, 2.24) is 29.9 Å². The molecule has 0 spiro atoms. The summed E-state index contributed by atoms with van der Waals surface area (Å²) in [5, 5.41) is 81.3. The van der Waals surface area contributed by atoms with Crippen LogP contribution < -0.4 is 0 Å². The van der Waals surface area contributed by atoms with Gasteiger partial charge in [0, 0.05) is 33.4 Å². The van der Waals surface area contributed by atoms with Gasteiger partial charge in [-0.05, 0) is 98.5 Å². The summed E-state index contributed by atoms with van der Waals surface area (Å²) in [4.78, 5) is 32.4. The number of nitriles is 8. The van der Waals surface area contributed by atoms with Crippen molar-refractivity contribution < 1.29 is 0 Å². The molecule has 0 aliphatic heterocycles. The van der Waals surface area contributed by atoms with Crippen molar-refractivity contribution in [2.24, 2.45) is 0 Å². The van der Waals surface area contributed by atoms with Gasteiger partial charge >= 0.3 is 0 Å². The number of hydrogen-bond donors (Lipinski definition) is 0. The summed E-state index contributed by atoms with van der Waals surface area (Å²) < 4.78 is 0. The van der Waals surface area contributed by atoms with Crippen LogP contribution in [0, 0.1) is 118 Å². The highest BCUT2D eigenvalue weighted by atomic mass is 14.9. The Morgan fingerprint density at radius 2 is 0.405 bits per heavy atom. The Morgan fingerprint density at radius 1 is 0.230 bits per heavy atom. The van der Waals surface area contributed by atoms with E-state index < -0.39 is 0 Å². The maximum Gasteiger partial charge on any atom is 0.120 e. The maximum absolute atomic E-state index is 10.3. The van der Waals surface area contributed by atoms with Crippen LogP contribution in [0.2, 0.25) is 0 Å². The summed E-state index contributed by atoms with van der Waals surface area (Å²) in [6, 6.07) is 48.3. The second-order valence-electron chi connectivity index (χ2n) is 17.4. The minimum absolute atomic E-state index is 0.0947. The highest BCUT2D eigenvalue weighted by Crippen LogP contribution is 2.42. The van der Waals surface area contributed by atoms with Gasteiger partial charge in [0.2, 0.25) is 0 Å². The zero-order valence-corrected chi connectivity index (χ0v) is 39.7. The van der Waals surface area contributed by atoms with Crippen molar-refractivity contribution in [3.05, 3.63) is 176 Å². The molecule has 0 N–H and O–H groups in total. The Labute approximate surface area is 423 Å². The van der Waals surface area contributed by atoms with Gasteiger partial charge in [0.15, 0.2) is 0 Å². The third kappa shape index (κ3) is 7.72. The van der Waals surface area contributed by atoms with Gasteiger partial charge in [-0.2, -0.15) is 42.1 Å². The molecule has 3 heterocycles. The van der Waals surface area contributed by atoms with E-state index in [1.165, 1.54) is 12.1 Å². The standard InChI is InChI=1S/C60H30N14/c1-31-5-9-35(17-43(31)25-63)49-50(36-10-6-32(2)44(18-36)26-64)70-56-55(69-49)59-57(71-51(37-11-7-33(3)45(19-37)27-65)53(73-59)39-13-15-41(23-61)47(21-39)29-67)58-60(56)74-54(40-14-16-42(24-62)48(22-40)30-68)52(72-58)38-12-8-34(4)46(20-38)28-66/h5-22H,1-4H3. The van der Waals surface area contributed by atoms with Gasteiger partial charge in [0.1, 0.15) is 57.4 Å². The molecule has 0 fully saturated rings. The summed E-state index contributed by atoms with van der Waals surface area (Å²) in [7, 11) is 0. The lowest BCUT2D eigenvalue weighted by Crippen LogP contribution is -2.05. The van der Waals surface area contributed by atoms with E-state index in [0.29, 0.717) is 67.0 Å². The van der Waals surface area contributed by atoms with Crippen LogP contribution in [0.4, 0.5) is 0 Å². The summed E-state index contributed by atoms with van der Waals surface area (Å²) in [5.74, 6) is 0. The number of fused-ring (bicyclic) bond motifs is 6. The summed E-state index contributed by atoms with van der Waals surface area (Å²) in [6.45, 7) is 7.28. The molecular formula is C60H30N14. The second kappa shape index (κ2) is 18.4. The quantitative estimate of drug-likeness (QED) is 0.140. The van der Waals surface area contributed by atoms with Crippen LogP contribution in [-0.2, 0) is 0 Å². The zero-order chi connectivity index (χ0) is 51.9. The topological polar surface area (TPSA) is 268 Å². The molecule has 0 radical (unpaired) electrons. The zero-order valence-electron chi connectivity index (χ0n) is 39.7. The van der Waals surface area contributed by atoms with E-state index in [0.717, 1.165) is 22.3 Å². The van der Waals surface area contributed by atoms with Gasteiger partial charge in [-0.1, -0.05) is 60.7 Å². The SMILES string of the molecule is Cc1ccc(-c2nc3c(nc2-c2ccc(C)c(C#N)c2)c2nc(-c4ccc(C#N)c(C#N)c4)c(-c4ccc(C)c(C#N)c4)nc2c2nc(-c4ccc(C)c(C#N)c4)c(-c4ccc(C#N)c(C#N)c4)nc32)cc1C#N. The molecule has 0 saturated heterocycles. The lowest BCUT2D eigenvalue weighted by molar-refractivity contribution is 1.24. The molecule has 0 aliphatic rings. The van der Waals surface area contributed by atoms with Gasteiger partial charge < -0.3 is 0 Å². The predicted octanol–water partition coefficient (Wildman–Crippen LogP) is 11.7. The molecule has 0 atom stereocenters. The van der Waals surface area contributed by atoms with Crippen molar-refractivity contribution in [2.75, 3.05) is 0 Å². The first kappa shape index (κ1) is 46.2. The first-order valence-corrected chi connectivity index (χ1v) is 22.7. The van der Waals surface area contributed by atoms with Crippen LogP contribution in [0.25, 0.3) is 101 Å². The van der Waals surface area contributed by atoms with E-state index in [4.69, 9.17) is 29.9 Å². The van der Waals surface area contributed by atoms with Crippen LogP contribution >= 0.6 is 0 Å². The van der Waals surface area contributed by atoms with Gasteiger partial charge in [0.05, 0.1) is 103 Å². The van der Waals surface area contributed by atoms with Gasteiger partial charge in [-0.3, -0.25) is 0 Å². The van der Waals surface area contributed by atoms with Crippen LogP contribution in [-0.4, -0.2) is 29.9 Å². The minimum atomic E-state index is 0.0947. The number of benzene rings is 7. The van der Waals surface area contributed by atoms with E-state index >= 15 is 0 Å². The van der Waals surface area contributed by atoms with Crippen molar-refractivity contribution in [3.8, 4) is 116 Å². The number of aryl methyl sites for hydroxylation is 4.